The van der Waals surface area contributed by atoms with Crippen LogP contribution in [0.4, 0.5) is 0 Å². The van der Waals surface area contributed by atoms with Crippen LogP contribution in [-0.4, -0.2) is 23.5 Å². The average molecular weight is 282 g/mol. The summed E-state index contributed by atoms with van der Waals surface area (Å²) >= 11 is 7.55. The topological polar surface area (TPSA) is 42.1 Å². The van der Waals surface area contributed by atoms with Gasteiger partial charge in [-0.2, -0.15) is 0 Å². The number of thiophene rings is 1. The molecule has 18 heavy (non-hydrogen) atoms. The van der Waals surface area contributed by atoms with Crippen LogP contribution in [0.15, 0.2) is 36.7 Å². The first-order chi connectivity index (χ1) is 8.70. The van der Waals surface area contributed by atoms with Crippen molar-refractivity contribution in [3.63, 3.8) is 0 Å². The van der Waals surface area contributed by atoms with Crippen molar-refractivity contribution in [1.82, 2.24) is 9.88 Å². The van der Waals surface area contributed by atoms with Gasteiger partial charge in [0.2, 0.25) is 0 Å². The van der Waals surface area contributed by atoms with E-state index in [0.29, 0.717) is 6.54 Å². The SMILES string of the molecule is CN(Cc1ccc(Cl)s1)C(CN)c1ccncc1. The second kappa shape index (κ2) is 6.29. The first-order valence-electron chi connectivity index (χ1n) is 5.75. The summed E-state index contributed by atoms with van der Waals surface area (Å²) in [5.41, 5.74) is 7.07. The molecule has 0 spiro atoms. The molecule has 0 amide bonds. The molecular formula is C13H16ClN3S. The number of rotatable bonds is 5. The predicted octanol–water partition coefficient (Wildman–Crippen LogP) is 2.93. The molecule has 0 aliphatic carbocycles. The van der Waals surface area contributed by atoms with E-state index >= 15 is 0 Å². The minimum absolute atomic E-state index is 0.203. The van der Waals surface area contributed by atoms with E-state index in [9.17, 15) is 0 Å². The minimum atomic E-state index is 0.203. The van der Waals surface area contributed by atoms with Crippen LogP contribution in [0.5, 0.6) is 0 Å². The third-order valence-electron chi connectivity index (χ3n) is 2.88. The summed E-state index contributed by atoms with van der Waals surface area (Å²) in [5.74, 6) is 0. The van der Waals surface area contributed by atoms with E-state index in [4.69, 9.17) is 17.3 Å². The summed E-state index contributed by atoms with van der Waals surface area (Å²) in [6, 6.07) is 8.21. The number of nitrogens with zero attached hydrogens (tertiary/aromatic N) is 2. The van der Waals surface area contributed by atoms with E-state index in [-0.39, 0.29) is 6.04 Å². The Bertz CT molecular complexity index is 486. The monoisotopic (exact) mass is 281 g/mol. The maximum absolute atomic E-state index is 5.94. The molecule has 0 bridgehead atoms. The molecule has 1 unspecified atom stereocenters. The largest absolute Gasteiger partial charge is 0.329 e. The summed E-state index contributed by atoms with van der Waals surface area (Å²) in [6.45, 7) is 1.43. The molecule has 2 aromatic rings. The zero-order valence-corrected chi connectivity index (χ0v) is 11.8. The van der Waals surface area contributed by atoms with Crippen molar-refractivity contribution < 1.29 is 0 Å². The molecule has 1 atom stereocenters. The van der Waals surface area contributed by atoms with Crippen molar-refractivity contribution >= 4 is 22.9 Å². The van der Waals surface area contributed by atoms with Crippen molar-refractivity contribution in [3.05, 3.63) is 51.4 Å². The first-order valence-corrected chi connectivity index (χ1v) is 6.94. The fourth-order valence-electron chi connectivity index (χ4n) is 1.95. The number of aromatic nitrogens is 1. The fourth-order valence-corrected chi connectivity index (χ4v) is 3.10. The molecule has 0 saturated heterocycles. The third-order valence-corrected chi connectivity index (χ3v) is 4.10. The molecule has 0 aliphatic rings. The summed E-state index contributed by atoms with van der Waals surface area (Å²) in [7, 11) is 2.07. The van der Waals surface area contributed by atoms with Crippen LogP contribution >= 0.6 is 22.9 Å². The first kappa shape index (κ1) is 13.5. The minimum Gasteiger partial charge on any atom is -0.329 e. The molecule has 2 aromatic heterocycles. The molecular weight excluding hydrogens is 266 g/mol. The van der Waals surface area contributed by atoms with Gasteiger partial charge in [0, 0.05) is 36.4 Å². The molecule has 2 rings (SSSR count). The Morgan fingerprint density at radius 2 is 2.06 bits per heavy atom. The molecule has 0 fully saturated rings. The highest BCUT2D eigenvalue weighted by atomic mass is 35.5. The van der Waals surface area contributed by atoms with Crippen LogP contribution in [0.25, 0.3) is 0 Å². The molecule has 0 aliphatic heterocycles. The fraction of sp³-hybridized carbons (Fsp3) is 0.308. The standard InChI is InChI=1S/C13H16ClN3S/c1-17(9-11-2-3-13(14)18-11)12(8-15)10-4-6-16-7-5-10/h2-7,12H,8-9,15H2,1H3. The second-order valence-electron chi connectivity index (χ2n) is 4.15. The van der Waals surface area contributed by atoms with Crippen LogP contribution in [0.3, 0.4) is 0 Å². The number of nitrogens with two attached hydrogens (primary N) is 1. The maximum Gasteiger partial charge on any atom is 0.0931 e. The lowest BCUT2D eigenvalue weighted by atomic mass is 10.1. The van der Waals surface area contributed by atoms with Crippen LogP contribution in [0, 0.1) is 0 Å². The highest BCUT2D eigenvalue weighted by Gasteiger charge is 2.16. The Kier molecular flexibility index (Phi) is 4.72. The molecule has 0 saturated carbocycles. The van der Waals surface area contributed by atoms with Gasteiger partial charge in [-0.05, 0) is 36.9 Å². The number of halogens is 1. The maximum atomic E-state index is 5.94. The quantitative estimate of drug-likeness (QED) is 0.916. The number of pyridine rings is 1. The smallest absolute Gasteiger partial charge is 0.0931 e. The van der Waals surface area contributed by atoms with Crippen molar-refractivity contribution in [2.24, 2.45) is 5.73 Å². The summed E-state index contributed by atoms with van der Waals surface area (Å²) in [5, 5.41) is 0. The summed E-state index contributed by atoms with van der Waals surface area (Å²) in [6.07, 6.45) is 3.60. The van der Waals surface area contributed by atoms with Gasteiger partial charge in [-0.1, -0.05) is 11.6 Å². The van der Waals surface area contributed by atoms with Gasteiger partial charge in [0.05, 0.1) is 4.34 Å². The predicted molar refractivity (Wildman–Crippen MR) is 76.8 cm³/mol. The summed E-state index contributed by atoms with van der Waals surface area (Å²) < 4.78 is 0.826. The van der Waals surface area contributed by atoms with Gasteiger partial charge in [0.15, 0.2) is 0 Å². The van der Waals surface area contributed by atoms with Crippen molar-refractivity contribution in [3.8, 4) is 0 Å². The molecule has 3 nitrogen and oxygen atoms in total. The van der Waals surface area contributed by atoms with E-state index < -0.39 is 0 Å². The van der Waals surface area contributed by atoms with E-state index in [1.807, 2.05) is 18.2 Å². The highest BCUT2D eigenvalue weighted by Crippen LogP contribution is 2.25. The van der Waals surface area contributed by atoms with Gasteiger partial charge in [0.25, 0.3) is 0 Å². The number of hydrogen-bond acceptors (Lipinski definition) is 4. The Balaban J connectivity index is 2.08. The van der Waals surface area contributed by atoms with Gasteiger partial charge in [-0.15, -0.1) is 11.3 Å². The zero-order valence-electron chi connectivity index (χ0n) is 10.2. The Hall–Kier alpha value is -0.940. The van der Waals surface area contributed by atoms with Gasteiger partial charge >= 0.3 is 0 Å². The van der Waals surface area contributed by atoms with Gasteiger partial charge in [0.1, 0.15) is 0 Å². The summed E-state index contributed by atoms with van der Waals surface area (Å²) in [4.78, 5) is 7.51. The molecule has 0 radical (unpaired) electrons. The lowest BCUT2D eigenvalue weighted by molar-refractivity contribution is 0.244. The normalized spacial score (nSPS) is 12.9. The molecule has 2 N–H and O–H groups in total. The second-order valence-corrected chi connectivity index (χ2v) is 5.95. The van der Waals surface area contributed by atoms with Crippen LogP contribution in [0.2, 0.25) is 4.34 Å². The Morgan fingerprint density at radius 1 is 1.33 bits per heavy atom. The van der Waals surface area contributed by atoms with Gasteiger partial charge in [-0.3, -0.25) is 9.88 Å². The molecule has 2 heterocycles. The van der Waals surface area contributed by atoms with Crippen LogP contribution in [-0.2, 0) is 6.54 Å². The van der Waals surface area contributed by atoms with Crippen molar-refractivity contribution in [1.29, 1.82) is 0 Å². The molecule has 0 aromatic carbocycles. The van der Waals surface area contributed by atoms with Gasteiger partial charge < -0.3 is 5.73 Å². The van der Waals surface area contributed by atoms with E-state index in [1.54, 1.807) is 23.7 Å². The Morgan fingerprint density at radius 3 is 2.61 bits per heavy atom. The number of likely N-dealkylation sites (N-methyl/N-ethyl adjacent to an activating group) is 1. The molecule has 96 valence electrons. The lowest BCUT2D eigenvalue weighted by Crippen LogP contribution is -2.29. The lowest BCUT2D eigenvalue weighted by Gasteiger charge is -2.26. The van der Waals surface area contributed by atoms with E-state index in [0.717, 1.165) is 10.9 Å². The van der Waals surface area contributed by atoms with E-state index in [2.05, 4.69) is 23.0 Å². The zero-order chi connectivity index (χ0) is 13.0. The Labute approximate surface area is 116 Å². The van der Waals surface area contributed by atoms with E-state index in [1.165, 1.54) is 10.4 Å². The average Bonchev–Trinajstić information content (AvgIpc) is 2.77. The van der Waals surface area contributed by atoms with Gasteiger partial charge in [-0.25, -0.2) is 0 Å². The molecule has 5 heteroatoms. The van der Waals surface area contributed by atoms with Crippen LogP contribution < -0.4 is 5.73 Å². The van der Waals surface area contributed by atoms with Crippen LogP contribution in [0.1, 0.15) is 16.5 Å². The van der Waals surface area contributed by atoms with Crippen molar-refractivity contribution in [2.75, 3.05) is 13.6 Å². The number of hydrogen-bond donors (Lipinski definition) is 1. The van der Waals surface area contributed by atoms with Crippen molar-refractivity contribution in [2.45, 2.75) is 12.6 Å². The third kappa shape index (κ3) is 3.29. The highest BCUT2D eigenvalue weighted by molar-refractivity contribution is 7.16.